The molecule has 0 rings (SSSR count). The third-order valence-corrected chi connectivity index (χ3v) is 2.95. The largest absolute Gasteiger partial charge is 0.480 e. The number of nitrogens with zero attached hydrogens (tertiary/aromatic N) is 2. The molecule has 2 amide bonds. The molecule has 0 aliphatic heterocycles. The summed E-state index contributed by atoms with van der Waals surface area (Å²) < 4.78 is 0. The van der Waals surface area contributed by atoms with Crippen LogP contribution in [0.4, 0.5) is 4.79 Å². The first-order valence-electron chi connectivity index (χ1n) is 6.47. The molecule has 0 radical (unpaired) electrons. The minimum absolute atomic E-state index is 0.0898. The van der Waals surface area contributed by atoms with E-state index in [2.05, 4.69) is 5.32 Å². The maximum Gasteiger partial charge on any atom is 0.329 e. The summed E-state index contributed by atoms with van der Waals surface area (Å²) in [5.74, 6) is -1.05. The summed E-state index contributed by atoms with van der Waals surface area (Å²) >= 11 is 0. The van der Waals surface area contributed by atoms with Gasteiger partial charge in [-0.2, -0.15) is 5.26 Å². The Balaban J connectivity index is 4.86. The van der Waals surface area contributed by atoms with E-state index in [1.165, 1.54) is 11.8 Å². The molecule has 0 aliphatic rings. The van der Waals surface area contributed by atoms with Crippen LogP contribution in [-0.2, 0) is 4.79 Å². The van der Waals surface area contributed by atoms with Crippen LogP contribution in [0.15, 0.2) is 0 Å². The summed E-state index contributed by atoms with van der Waals surface area (Å²) in [5.41, 5.74) is -1.27. The number of rotatable bonds is 7. The van der Waals surface area contributed by atoms with Gasteiger partial charge in [-0.1, -0.05) is 13.3 Å². The molecule has 19 heavy (non-hydrogen) atoms. The van der Waals surface area contributed by atoms with E-state index in [1.807, 2.05) is 26.8 Å². The monoisotopic (exact) mass is 269 g/mol. The first-order chi connectivity index (χ1) is 8.78. The second kappa shape index (κ2) is 7.62. The van der Waals surface area contributed by atoms with Gasteiger partial charge in [0.1, 0.15) is 5.54 Å². The van der Waals surface area contributed by atoms with Crippen LogP contribution in [0.2, 0.25) is 0 Å². The lowest BCUT2D eigenvalue weighted by Crippen LogP contribution is -2.57. The number of nitrogens with one attached hydrogen (secondary N) is 1. The number of hydrogen-bond donors (Lipinski definition) is 2. The van der Waals surface area contributed by atoms with Gasteiger partial charge in [0.05, 0.1) is 12.5 Å². The molecule has 0 aromatic carbocycles. The zero-order valence-electron chi connectivity index (χ0n) is 12.1. The fourth-order valence-corrected chi connectivity index (χ4v) is 1.80. The topological polar surface area (TPSA) is 93.4 Å². The van der Waals surface area contributed by atoms with Crippen molar-refractivity contribution in [2.24, 2.45) is 0 Å². The maximum absolute atomic E-state index is 12.1. The predicted molar refractivity (Wildman–Crippen MR) is 71.6 cm³/mol. The Labute approximate surface area is 114 Å². The van der Waals surface area contributed by atoms with Crippen molar-refractivity contribution in [2.45, 2.75) is 58.5 Å². The second-order valence-electron chi connectivity index (χ2n) is 5.01. The number of urea groups is 1. The molecule has 0 saturated heterocycles. The highest BCUT2D eigenvalue weighted by molar-refractivity contribution is 5.86. The van der Waals surface area contributed by atoms with Gasteiger partial charge >= 0.3 is 12.0 Å². The predicted octanol–water partition coefficient (Wildman–Crippen LogP) is 1.96. The third kappa shape index (κ3) is 5.16. The normalized spacial score (nSPS) is 13.5. The Kier molecular flexibility index (Phi) is 6.91. The van der Waals surface area contributed by atoms with Crippen LogP contribution in [0.5, 0.6) is 0 Å². The molecule has 6 nitrogen and oxygen atoms in total. The van der Waals surface area contributed by atoms with E-state index in [9.17, 15) is 14.7 Å². The van der Waals surface area contributed by atoms with E-state index in [1.54, 1.807) is 0 Å². The second-order valence-corrected chi connectivity index (χ2v) is 5.01. The molecule has 0 aromatic rings. The molecule has 0 fully saturated rings. The van der Waals surface area contributed by atoms with Crippen LogP contribution in [-0.4, -0.2) is 40.1 Å². The van der Waals surface area contributed by atoms with Crippen molar-refractivity contribution in [3.05, 3.63) is 0 Å². The van der Waals surface area contributed by atoms with E-state index in [4.69, 9.17) is 5.26 Å². The Morgan fingerprint density at radius 3 is 2.42 bits per heavy atom. The fraction of sp³-hybridized carbons (Fsp3) is 0.769. The molecule has 1 atom stereocenters. The summed E-state index contributed by atoms with van der Waals surface area (Å²) in [6.45, 7) is 7.31. The van der Waals surface area contributed by atoms with Gasteiger partial charge < -0.3 is 15.3 Å². The van der Waals surface area contributed by atoms with Crippen LogP contribution in [0.3, 0.4) is 0 Å². The van der Waals surface area contributed by atoms with Gasteiger partial charge in [0.15, 0.2) is 0 Å². The van der Waals surface area contributed by atoms with Crippen molar-refractivity contribution >= 4 is 12.0 Å². The molecule has 0 spiro atoms. The van der Waals surface area contributed by atoms with Crippen LogP contribution in [0.1, 0.15) is 47.0 Å². The summed E-state index contributed by atoms with van der Waals surface area (Å²) in [7, 11) is 0. The number of carbonyl (C=O) groups is 2. The summed E-state index contributed by atoms with van der Waals surface area (Å²) in [6.07, 6.45) is 1.24. The van der Waals surface area contributed by atoms with Crippen molar-refractivity contribution in [3.63, 3.8) is 0 Å². The summed E-state index contributed by atoms with van der Waals surface area (Å²) in [5, 5.41) is 20.4. The van der Waals surface area contributed by atoms with Gasteiger partial charge in [-0.15, -0.1) is 0 Å². The van der Waals surface area contributed by atoms with Gasteiger partial charge in [-0.05, 0) is 27.2 Å². The number of nitriles is 1. The Hall–Kier alpha value is -1.77. The van der Waals surface area contributed by atoms with Gasteiger partial charge in [0.2, 0.25) is 0 Å². The zero-order chi connectivity index (χ0) is 15.1. The number of carboxylic acids is 1. The highest BCUT2D eigenvalue weighted by Crippen LogP contribution is 2.14. The number of aliphatic carboxylic acids is 1. The molecule has 6 heteroatoms. The lowest BCUT2D eigenvalue weighted by molar-refractivity contribution is -0.144. The van der Waals surface area contributed by atoms with E-state index in [0.29, 0.717) is 19.4 Å². The van der Waals surface area contributed by atoms with Crippen molar-refractivity contribution in [1.29, 1.82) is 5.26 Å². The molecule has 108 valence electrons. The SMILES string of the molecule is CCCC(C)(NC(=O)N(CCC#N)C(C)C)C(=O)O. The minimum Gasteiger partial charge on any atom is -0.480 e. The van der Waals surface area contributed by atoms with Crippen LogP contribution >= 0.6 is 0 Å². The summed E-state index contributed by atoms with van der Waals surface area (Å²) in [4.78, 5) is 24.9. The highest BCUT2D eigenvalue weighted by Gasteiger charge is 2.35. The molecule has 2 N–H and O–H groups in total. The standard InChI is InChI=1S/C13H23N3O3/c1-5-7-13(4,11(17)18)15-12(19)16(10(2)3)9-6-8-14/h10H,5-7,9H2,1-4H3,(H,15,19)(H,17,18). The Bertz CT molecular complexity index is 363. The fourth-order valence-electron chi connectivity index (χ4n) is 1.80. The van der Waals surface area contributed by atoms with Crippen LogP contribution < -0.4 is 5.32 Å². The van der Waals surface area contributed by atoms with E-state index in [-0.39, 0.29) is 12.5 Å². The molecular weight excluding hydrogens is 246 g/mol. The molecular formula is C13H23N3O3. The number of hydrogen-bond acceptors (Lipinski definition) is 3. The van der Waals surface area contributed by atoms with E-state index >= 15 is 0 Å². The van der Waals surface area contributed by atoms with Crippen molar-refractivity contribution in [3.8, 4) is 6.07 Å². The highest BCUT2D eigenvalue weighted by atomic mass is 16.4. The van der Waals surface area contributed by atoms with Gasteiger partial charge in [-0.3, -0.25) is 0 Å². The van der Waals surface area contributed by atoms with Crippen LogP contribution in [0, 0.1) is 11.3 Å². The molecule has 0 heterocycles. The van der Waals surface area contributed by atoms with E-state index in [0.717, 1.165) is 0 Å². The van der Waals surface area contributed by atoms with Crippen LogP contribution in [0.25, 0.3) is 0 Å². The molecule has 0 aromatic heterocycles. The van der Waals surface area contributed by atoms with Crippen molar-refractivity contribution < 1.29 is 14.7 Å². The smallest absolute Gasteiger partial charge is 0.329 e. The first-order valence-corrected chi connectivity index (χ1v) is 6.47. The number of carbonyl (C=O) groups excluding carboxylic acids is 1. The van der Waals surface area contributed by atoms with Crippen molar-refractivity contribution in [2.75, 3.05) is 6.54 Å². The third-order valence-electron chi connectivity index (χ3n) is 2.95. The summed E-state index contributed by atoms with van der Waals surface area (Å²) in [6, 6.07) is 1.45. The lowest BCUT2D eigenvalue weighted by atomic mass is 9.96. The Morgan fingerprint density at radius 1 is 1.47 bits per heavy atom. The van der Waals surface area contributed by atoms with Gasteiger partial charge in [0, 0.05) is 12.6 Å². The zero-order valence-corrected chi connectivity index (χ0v) is 12.1. The molecule has 0 aliphatic carbocycles. The Morgan fingerprint density at radius 2 is 2.05 bits per heavy atom. The van der Waals surface area contributed by atoms with Gasteiger partial charge in [0.25, 0.3) is 0 Å². The number of carboxylic acid groups (broad SMARTS) is 1. The lowest BCUT2D eigenvalue weighted by Gasteiger charge is -2.32. The average molecular weight is 269 g/mol. The van der Waals surface area contributed by atoms with E-state index < -0.39 is 17.5 Å². The molecule has 0 bridgehead atoms. The van der Waals surface area contributed by atoms with Gasteiger partial charge in [-0.25, -0.2) is 9.59 Å². The van der Waals surface area contributed by atoms with Crippen molar-refractivity contribution in [1.82, 2.24) is 10.2 Å². The minimum atomic E-state index is -1.27. The number of amides is 2. The first kappa shape index (κ1) is 17.2. The molecule has 1 unspecified atom stereocenters. The maximum atomic E-state index is 12.1. The molecule has 0 saturated carbocycles. The average Bonchev–Trinajstić information content (AvgIpc) is 2.28. The quantitative estimate of drug-likeness (QED) is 0.738.